The zero-order chi connectivity index (χ0) is 21.6. The molecule has 1 N–H and O–H groups in total. The number of hydrogen-bond acceptors (Lipinski definition) is 6. The van der Waals surface area contributed by atoms with Crippen molar-refractivity contribution in [2.24, 2.45) is 0 Å². The van der Waals surface area contributed by atoms with Crippen LogP contribution in [0.25, 0.3) is 33.7 Å². The third-order valence-corrected chi connectivity index (χ3v) is 4.50. The van der Waals surface area contributed by atoms with Gasteiger partial charge in [-0.25, -0.2) is 19.7 Å². The molecule has 156 valence electrons. The summed E-state index contributed by atoms with van der Waals surface area (Å²) in [5, 5.41) is 2.62. The van der Waals surface area contributed by atoms with Gasteiger partial charge in [-0.15, -0.1) is 0 Å². The fourth-order valence-electron chi connectivity index (χ4n) is 3.20. The Hall–Kier alpha value is -4.00. The molecule has 7 heteroatoms. The molecule has 2 heterocycles. The van der Waals surface area contributed by atoms with Crippen molar-refractivity contribution in [1.29, 1.82) is 0 Å². The van der Waals surface area contributed by atoms with Gasteiger partial charge in [-0.1, -0.05) is 60.7 Å². The van der Waals surface area contributed by atoms with Gasteiger partial charge in [-0.2, -0.15) is 0 Å². The molecule has 0 fully saturated rings. The van der Waals surface area contributed by atoms with E-state index in [1.165, 1.54) is 0 Å². The molecule has 0 unspecified atom stereocenters. The van der Waals surface area contributed by atoms with Crippen molar-refractivity contribution < 1.29 is 14.3 Å². The van der Waals surface area contributed by atoms with Crippen molar-refractivity contribution in [3.05, 3.63) is 66.7 Å². The summed E-state index contributed by atoms with van der Waals surface area (Å²) >= 11 is 0. The summed E-state index contributed by atoms with van der Waals surface area (Å²) in [6.07, 6.45) is -0.589. The molecule has 4 rings (SSSR count). The quantitative estimate of drug-likeness (QED) is 0.459. The average molecular weight is 414 g/mol. The molecule has 0 aliphatic carbocycles. The summed E-state index contributed by atoms with van der Waals surface area (Å²) in [6.45, 7) is 4.31. The van der Waals surface area contributed by atoms with Crippen LogP contribution in [-0.2, 0) is 4.74 Å². The molecule has 0 saturated carbocycles. The Morgan fingerprint density at radius 2 is 1.45 bits per heavy atom. The molecule has 0 bridgehead atoms. The van der Waals surface area contributed by atoms with Crippen LogP contribution in [0.2, 0.25) is 0 Å². The van der Waals surface area contributed by atoms with E-state index >= 15 is 0 Å². The molecule has 0 aliphatic rings. The van der Waals surface area contributed by atoms with E-state index in [1.54, 1.807) is 13.0 Å². The Kier molecular flexibility index (Phi) is 6.03. The SMILES string of the molecule is CCOC(=O)Nc1cc(OCC)c2nc(-c3ccccc3)c(-c3ccccc3)nc2n1. The summed E-state index contributed by atoms with van der Waals surface area (Å²) in [7, 11) is 0. The molecule has 2 aromatic carbocycles. The van der Waals surface area contributed by atoms with E-state index in [9.17, 15) is 4.79 Å². The first-order chi connectivity index (χ1) is 15.2. The molecule has 0 atom stereocenters. The highest BCUT2D eigenvalue weighted by molar-refractivity contribution is 5.91. The first-order valence-electron chi connectivity index (χ1n) is 10.1. The van der Waals surface area contributed by atoms with Crippen molar-refractivity contribution in [1.82, 2.24) is 15.0 Å². The molecule has 0 radical (unpaired) electrons. The first kappa shape index (κ1) is 20.3. The highest BCUT2D eigenvalue weighted by atomic mass is 16.5. The highest BCUT2D eigenvalue weighted by Gasteiger charge is 2.18. The van der Waals surface area contributed by atoms with E-state index in [-0.39, 0.29) is 12.4 Å². The van der Waals surface area contributed by atoms with Gasteiger partial charge in [0, 0.05) is 17.2 Å². The number of pyridine rings is 1. The third-order valence-electron chi connectivity index (χ3n) is 4.50. The molecule has 7 nitrogen and oxygen atoms in total. The lowest BCUT2D eigenvalue weighted by Gasteiger charge is -2.14. The zero-order valence-corrected chi connectivity index (χ0v) is 17.3. The molecule has 0 aliphatic heterocycles. The first-order valence-corrected chi connectivity index (χ1v) is 10.1. The van der Waals surface area contributed by atoms with Crippen molar-refractivity contribution in [2.45, 2.75) is 13.8 Å². The minimum Gasteiger partial charge on any atom is -0.491 e. The van der Waals surface area contributed by atoms with E-state index < -0.39 is 6.09 Å². The van der Waals surface area contributed by atoms with Crippen LogP contribution >= 0.6 is 0 Å². The minimum atomic E-state index is -0.589. The van der Waals surface area contributed by atoms with Gasteiger partial charge in [0.1, 0.15) is 5.82 Å². The number of rotatable bonds is 6. The number of amides is 1. The molecule has 0 spiro atoms. The van der Waals surface area contributed by atoms with Crippen LogP contribution in [0, 0.1) is 0 Å². The third kappa shape index (κ3) is 4.45. The number of fused-ring (bicyclic) bond motifs is 1. The smallest absolute Gasteiger partial charge is 0.412 e. The number of aromatic nitrogens is 3. The molecular formula is C24H22N4O3. The number of carbonyl (C=O) groups excluding carboxylic acids is 1. The maximum Gasteiger partial charge on any atom is 0.412 e. The van der Waals surface area contributed by atoms with Gasteiger partial charge in [0.2, 0.25) is 0 Å². The van der Waals surface area contributed by atoms with Crippen molar-refractivity contribution in [3.63, 3.8) is 0 Å². The predicted molar refractivity (Wildman–Crippen MR) is 120 cm³/mol. The zero-order valence-electron chi connectivity index (χ0n) is 17.3. The maximum atomic E-state index is 11.9. The van der Waals surface area contributed by atoms with E-state index in [2.05, 4.69) is 10.3 Å². The van der Waals surface area contributed by atoms with Crippen LogP contribution < -0.4 is 10.1 Å². The lowest BCUT2D eigenvalue weighted by atomic mass is 10.0. The molecule has 31 heavy (non-hydrogen) atoms. The Labute approximate surface area is 180 Å². The summed E-state index contributed by atoms with van der Waals surface area (Å²) in [4.78, 5) is 26.1. The fraction of sp³-hybridized carbons (Fsp3) is 0.167. The second-order valence-corrected chi connectivity index (χ2v) is 6.61. The fourth-order valence-corrected chi connectivity index (χ4v) is 3.20. The van der Waals surface area contributed by atoms with Gasteiger partial charge in [-0.05, 0) is 13.8 Å². The van der Waals surface area contributed by atoms with Gasteiger partial charge >= 0.3 is 6.09 Å². The van der Waals surface area contributed by atoms with Gasteiger partial charge < -0.3 is 9.47 Å². The molecule has 1 amide bonds. The van der Waals surface area contributed by atoms with Crippen LogP contribution in [0.4, 0.5) is 10.6 Å². The van der Waals surface area contributed by atoms with Gasteiger partial charge in [0.15, 0.2) is 16.9 Å². The maximum absolute atomic E-state index is 11.9. The second-order valence-electron chi connectivity index (χ2n) is 6.61. The number of benzene rings is 2. The number of nitrogens with zero attached hydrogens (tertiary/aromatic N) is 3. The summed E-state index contributed by atoms with van der Waals surface area (Å²) in [6, 6.07) is 21.3. The Balaban J connectivity index is 1.94. The number of carbonyl (C=O) groups is 1. The number of anilines is 1. The Bertz CT molecular complexity index is 1200. The topological polar surface area (TPSA) is 86.2 Å². The lowest BCUT2D eigenvalue weighted by Crippen LogP contribution is -2.15. The monoisotopic (exact) mass is 414 g/mol. The van der Waals surface area contributed by atoms with Crippen molar-refractivity contribution in [2.75, 3.05) is 18.5 Å². The van der Waals surface area contributed by atoms with Crippen LogP contribution in [0.5, 0.6) is 5.75 Å². The molecule has 4 aromatic rings. The molecular weight excluding hydrogens is 392 g/mol. The predicted octanol–water partition coefficient (Wildman–Crippen LogP) is 5.33. The summed E-state index contributed by atoms with van der Waals surface area (Å²) in [5.74, 6) is 0.777. The molecule has 0 saturated heterocycles. The van der Waals surface area contributed by atoms with Crippen LogP contribution in [-0.4, -0.2) is 34.3 Å². The van der Waals surface area contributed by atoms with Crippen LogP contribution in [0.1, 0.15) is 13.8 Å². The van der Waals surface area contributed by atoms with Gasteiger partial charge in [0.05, 0.1) is 24.6 Å². The van der Waals surface area contributed by atoms with Crippen LogP contribution in [0.3, 0.4) is 0 Å². The summed E-state index contributed by atoms with van der Waals surface area (Å²) < 4.78 is 10.8. The van der Waals surface area contributed by atoms with E-state index in [4.69, 9.17) is 19.4 Å². The van der Waals surface area contributed by atoms with Crippen LogP contribution in [0.15, 0.2) is 66.7 Å². The average Bonchev–Trinajstić information content (AvgIpc) is 2.80. The van der Waals surface area contributed by atoms with E-state index in [0.29, 0.717) is 29.2 Å². The molecule has 2 aromatic heterocycles. The summed E-state index contributed by atoms with van der Waals surface area (Å²) in [5.41, 5.74) is 4.17. The van der Waals surface area contributed by atoms with Crippen molar-refractivity contribution >= 4 is 23.1 Å². The standard InChI is InChI=1S/C24H22N4O3/c1-3-30-18-15-19(26-24(29)31-4-2)25-23-22(18)27-20(16-11-7-5-8-12-16)21(28-23)17-13-9-6-10-14-17/h5-15H,3-4H2,1-2H3,(H,25,26,28,29). The normalized spacial score (nSPS) is 10.6. The second kappa shape index (κ2) is 9.21. The number of ether oxygens (including phenoxy) is 2. The number of nitrogens with one attached hydrogen (secondary N) is 1. The number of hydrogen-bond donors (Lipinski definition) is 1. The largest absolute Gasteiger partial charge is 0.491 e. The van der Waals surface area contributed by atoms with Crippen molar-refractivity contribution in [3.8, 4) is 28.3 Å². The Morgan fingerprint density at radius 1 is 0.839 bits per heavy atom. The van der Waals surface area contributed by atoms with Gasteiger partial charge in [0.25, 0.3) is 0 Å². The minimum absolute atomic E-state index is 0.260. The van der Waals surface area contributed by atoms with E-state index in [1.807, 2.05) is 67.6 Å². The Morgan fingerprint density at radius 3 is 2.03 bits per heavy atom. The van der Waals surface area contributed by atoms with Gasteiger partial charge in [-0.3, -0.25) is 5.32 Å². The highest BCUT2D eigenvalue weighted by Crippen LogP contribution is 2.34. The lowest BCUT2D eigenvalue weighted by molar-refractivity contribution is 0.168. The van der Waals surface area contributed by atoms with E-state index in [0.717, 1.165) is 16.8 Å².